The minimum absolute atomic E-state index is 0.118. The van der Waals surface area contributed by atoms with E-state index >= 15 is 0 Å². The van der Waals surface area contributed by atoms with Gasteiger partial charge >= 0.3 is 5.97 Å². The van der Waals surface area contributed by atoms with Crippen LogP contribution in [-0.2, 0) is 9.53 Å². The zero-order chi connectivity index (χ0) is 13.5. The summed E-state index contributed by atoms with van der Waals surface area (Å²) in [6.45, 7) is 1.86. The molecule has 0 amide bonds. The minimum Gasteiger partial charge on any atom is -0.466 e. The van der Waals surface area contributed by atoms with Gasteiger partial charge in [-0.25, -0.2) is 0 Å². The summed E-state index contributed by atoms with van der Waals surface area (Å²) in [6.07, 6.45) is -0.370. The lowest BCUT2D eigenvalue weighted by Gasteiger charge is -2.02. The van der Waals surface area contributed by atoms with Gasteiger partial charge in [-0.1, -0.05) is 0 Å². The van der Waals surface area contributed by atoms with Crippen molar-refractivity contribution in [2.45, 2.75) is 13.3 Å². The van der Waals surface area contributed by atoms with Crippen LogP contribution in [-0.4, -0.2) is 18.4 Å². The molecular weight excluding hydrogens is 232 g/mol. The Kier molecular flexibility index (Phi) is 4.59. The molecule has 0 saturated heterocycles. The van der Waals surface area contributed by atoms with Crippen molar-refractivity contribution in [1.29, 1.82) is 10.5 Å². The largest absolute Gasteiger partial charge is 0.466 e. The molecule has 1 aromatic carbocycles. The summed E-state index contributed by atoms with van der Waals surface area (Å²) in [5.74, 6) is -1.04. The predicted octanol–water partition coefficient (Wildman–Crippen LogP) is 1.57. The summed E-state index contributed by atoms with van der Waals surface area (Å²) in [5, 5.41) is 17.6. The molecule has 0 spiro atoms. The summed E-state index contributed by atoms with van der Waals surface area (Å²) < 4.78 is 4.66. The predicted molar refractivity (Wildman–Crippen MR) is 61.5 cm³/mol. The van der Waals surface area contributed by atoms with E-state index in [9.17, 15) is 9.59 Å². The Hall–Kier alpha value is -2.66. The standard InChI is InChI=1S/C13H10N2O3/c1-2-18-13(17)6-12(16)9-3-4-10(7-14)11(5-9)8-15/h3-5H,2,6H2,1H3. The molecule has 0 unspecified atom stereocenters. The van der Waals surface area contributed by atoms with Crippen LogP contribution in [0.4, 0.5) is 0 Å². The van der Waals surface area contributed by atoms with Gasteiger partial charge in [-0.3, -0.25) is 9.59 Å². The number of nitriles is 2. The second-order valence-corrected chi connectivity index (χ2v) is 3.39. The molecule has 0 aromatic heterocycles. The van der Waals surface area contributed by atoms with E-state index in [4.69, 9.17) is 10.5 Å². The third-order valence-corrected chi connectivity index (χ3v) is 2.19. The monoisotopic (exact) mass is 242 g/mol. The SMILES string of the molecule is CCOC(=O)CC(=O)c1ccc(C#N)c(C#N)c1. The highest BCUT2D eigenvalue weighted by molar-refractivity contribution is 6.06. The molecule has 0 heterocycles. The van der Waals surface area contributed by atoms with Crippen molar-refractivity contribution in [2.24, 2.45) is 0 Å². The van der Waals surface area contributed by atoms with Crippen LogP contribution in [0, 0.1) is 22.7 Å². The Labute approximate surface area is 104 Å². The van der Waals surface area contributed by atoms with Gasteiger partial charge in [0.05, 0.1) is 17.7 Å². The van der Waals surface area contributed by atoms with Gasteiger partial charge in [-0.2, -0.15) is 10.5 Å². The number of hydrogen-bond donors (Lipinski definition) is 0. The zero-order valence-corrected chi connectivity index (χ0v) is 9.77. The van der Waals surface area contributed by atoms with Gasteiger partial charge in [-0.05, 0) is 25.1 Å². The van der Waals surface area contributed by atoms with Crippen LogP contribution in [0.5, 0.6) is 0 Å². The average molecular weight is 242 g/mol. The minimum atomic E-state index is -0.606. The normalized spacial score (nSPS) is 9.06. The number of hydrogen-bond acceptors (Lipinski definition) is 5. The summed E-state index contributed by atoms with van der Waals surface area (Å²) in [5.41, 5.74) is 0.538. The lowest BCUT2D eigenvalue weighted by atomic mass is 10.0. The Balaban J connectivity index is 2.92. The molecule has 0 aliphatic carbocycles. The molecule has 0 aliphatic heterocycles. The van der Waals surface area contributed by atoms with Gasteiger partial charge in [-0.15, -0.1) is 0 Å². The first-order chi connectivity index (χ1) is 8.62. The lowest BCUT2D eigenvalue weighted by molar-refractivity contribution is -0.141. The van der Waals surface area contributed by atoms with E-state index < -0.39 is 11.8 Å². The lowest BCUT2D eigenvalue weighted by Crippen LogP contribution is -2.11. The molecule has 0 fully saturated rings. The topological polar surface area (TPSA) is 90.9 Å². The average Bonchev–Trinajstić information content (AvgIpc) is 2.38. The Morgan fingerprint density at radius 2 is 1.89 bits per heavy atom. The van der Waals surface area contributed by atoms with Crippen LogP contribution in [0.15, 0.2) is 18.2 Å². The Morgan fingerprint density at radius 3 is 2.44 bits per heavy atom. The number of esters is 1. The van der Waals surface area contributed by atoms with Crippen molar-refractivity contribution in [1.82, 2.24) is 0 Å². The Morgan fingerprint density at radius 1 is 1.22 bits per heavy atom. The second-order valence-electron chi connectivity index (χ2n) is 3.39. The van der Waals surface area contributed by atoms with E-state index in [2.05, 4.69) is 4.74 Å². The molecule has 0 atom stereocenters. The van der Waals surface area contributed by atoms with Crippen molar-refractivity contribution in [3.05, 3.63) is 34.9 Å². The van der Waals surface area contributed by atoms with Crippen molar-refractivity contribution in [3.8, 4) is 12.1 Å². The van der Waals surface area contributed by atoms with Crippen molar-refractivity contribution >= 4 is 11.8 Å². The van der Waals surface area contributed by atoms with Gasteiger partial charge in [0.2, 0.25) is 0 Å². The molecule has 0 saturated carbocycles. The molecule has 0 radical (unpaired) electrons. The fraction of sp³-hybridized carbons (Fsp3) is 0.231. The maximum atomic E-state index is 11.7. The number of nitrogens with zero attached hydrogens (tertiary/aromatic N) is 2. The van der Waals surface area contributed by atoms with Crippen molar-refractivity contribution < 1.29 is 14.3 Å². The van der Waals surface area contributed by atoms with E-state index in [1.807, 2.05) is 12.1 Å². The number of carbonyl (C=O) groups is 2. The van der Waals surface area contributed by atoms with E-state index in [1.54, 1.807) is 6.92 Å². The van der Waals surface area contributed by atoms with E-state index in [1.165, 1.54) is 18.2 Å². The van der Waals surface area contributed by atoms with Gasteiger partial charge in [0.25, 0.3) is 0 Å². The number of rotatable bonds is 4. The van der Waals surface area contributed by atoms with Gasteiger partial charge < -0.3 is 4.74 Å². The Bertz CT molecular complexity index is 565. The highest BCUT2D eigenvalue weighted by Crippen LogP contribution is 2.12. The summed E-state index contributed by atoms with van der Waals surface area (Å²) in [7, 11) is 0. The van der Waals surface area contributed by atoms with Crippen LogP contribution in [0.3, 0.4) is 0 Å². The number of benzene rings is 1. The van der Waals surface area contributed by atoms with Crippen LogP contribution in [0.25, 0.3) is 0 Å². The van der Waals surface area contributed by atoms with E-state index in [-0.39, 0.29) is 29.7 Å². The molecular formula is C13H10N2O3. The summed E-state index contributed by atoms with van der Waals surface area (Å²) >= 11 is 0. The van der Waals surface area contributed by atoms with Crippen molar-refractivity contribution in [2.75, 3.05) is 6.61 Å². The number of carbonyl (C=O) groups excluding carboxylic acids is 2. The van der Waals surface area contributed by atoms with Crippen LogP contribution >= 0.6 is 0 Å². The summed E-state index contributed by atoms with van der Waals surface area (Å²) in [6, 6.07) is 7.79. The van der Waals surface area contributed by atoms with Crippen LogP contribution in [0.1, 0.15) is 34.8 Å². The fourth-order valence-corrected chi connectivity index (χ4v) is 1.35. The molecule has 5 heteroatoms. The first-order valence-electron chi connectivity index (χ1n) is 5.25. The van der Waals surface area contributed by atoms with Gasteiger partial charge in [0.15, 0.2) is 5.78 Å². The zero-order valence-electron chi connectivity index (χ0n) is 9.77. The molecule has 0 N–H and O–H groups in total. The fourth-order valence-electron chi connectivity index (χ4n) is 1.35. The molecule has 5 nitrogen and oxygen atoms in total. The maximum Gasteiger partial charge on any atom is 0.313 e. The first-order valence-corrected chi connectivity index (χ1v) is 5.25. The molecule has 90 valence electrons. The van der Waals surface area contributed by atoms with Gasteiger partial charge in [0.1, 0.15) is 18.6 Å². The van der Waals surface area contributed by atoms with E-state index in [0.717, 1.165) is 0 Å². The second kappa shape index (κ2) is 6.17. The van der Waals surface area contributed by atoms with E-state index in [0.29, 0.717) is 0 Å². The molecule has 0 bridgehead atoms. The van der Waals surface area contributed by atoms with Gasteiger partial charge in [0, 0.05) is 5.56 Å². The smallest absolute Gasteiger partial charge is 0.313 e. The molecule has 1 aromatic rings. The third-order valence-electron chi connectivity index (χ3n) is 2.19. The number of ether oxygens (including phenoxy) is 1. The number of ketones is 1. The molecule has 18 heavy (non-hydrogen) atoms. The highest BCUT2D eigenvalue weighted by Gasteiger charge is 2.14. The highest BCUT2D eigenvalue weighted by atomic mass is 16.5. The van der Waals surface area contributed by atoms with Crippen molar-refractivity contribution in [3.63, 3.8) is 0 Å². The first kappa shape index (κ1) is 13.4. The molecule has 1 rings (SSSR count). The molecule has 0 aliphatic rings. The number of Topliss-reactive ketones (excluding diaryl/α,β-unsaturated/α-hetero) is 1. The van der Waals surface area contributed by atoms with Crippen LogP contribution in [0.2, 0.25) is 0 Å². The summed E-state index contributed by atoms with van der Waals surface area (Å²) in [4.78, 5) is 22.8. The maximum absolute atomic E-state index is 11.7. The quantitative estimate of drug-likeness (QED) is 0.454. The van der Waals surface area contributed by atoms with Crippen LogP contribution < -0.4 is 0 Å². The third kappa shape index (κ3) is 3.16.